The van der Waals surface area contributed by atoms with E-state index in [2.05, 4.69) is 17.0 Å². The second-order valence-corrected chi connectivity index (χ2v) is 8.01. The minimum Gasteiger partial charge on any atom is -0.294 e. The first-order valence-electron chi connectivity index (χ1n) is 9.93. The molecule has 2 unspecified atom stereocenters. The van der Waals surface area contributed by atoms with E-state index in [1.165, 1.54) is 17.7 Å². The van der Waals surface area contributed by atoms with Gasteiger partial charge in [-0.2, -0.15) is 13.2 Å². The number of carbonyl (C=O) groups excluding carboxylic acids is 1. The Morgan fingerprint density at radius 2 is 1.64 bits per heavy atom. The molecule has 2 heterocycles. The summed E-state index contributed by atoms with van der Waals surface area (Å²) in [5.74, 6) is -0.326. The molecule has 0 radical (unpaired) electrons. The van der Waals surface area contributed by atoms with Crippen LogP contribution in [-0.4, -0.2) is 22.8 Å². The molecule has 2 bridgehead atoms. The number of fused-ring (bicyclic) bond motifs is 2. The average molecular weight is 387 g/mol. The summed E-state index contributed by atoms with van der Waals surface area (Å²) in [6.07, 6.45) is 0.305. The van der Waals surface area contributed by atoms with Crippen LogP contribution in [0.3, 0.4) is 0 Å². The summed E-state index contributed by atoms with van der Waals surface area (Å²) in [6, 6.07) is 15.9. The van der Waals surface area contributed by atoms with Gasteiger partial charge in [0.05, 0.1) is 5.56 Å². The SMILES string of the molecule is O=C(c1cccc(C(F)(F)F)c1)C1CC2CCCC(C1)N2Cc1ccccc1. The molecule has 2 aliphatic rings. The van der Waals surface area contributed by atoms with Gasteiger partial charge in [-0.05, 0) is 43.4 Å². The topological polar surface area (TPSA) is 20.3 Å². The van der Waals surface area contributed by atoms with Crippen LogP contribution in [0.4, 0.5) is 13.2 Å². The second kappa shape index (κ2) is 7.70. The van der Waals surface area contributed by atoms with Crippen molar-refractivity contribution in [1.29, 1.82) is 0 Å². The Hall–Kier alpha value is -2.14. The first kappa shape index (κ1) is 19.2. The number of benzene rings is 2. The molecule has 0 aromatic heterocycles. The molecule has 0 spiro atoms. The molecular formula is C23H24F3NO. The van der Waals surface area contributed by atoms with E-state index in [-0.39, 0.29) is 17.3 Å². The van der Waals surface area contributed by atoms with Crippen LogP contribution in [0.2, 0.25) is 0 Å². The first-order valence-corrected chi connectivity index (χ1v) is 9.93. The lowest BCUT2D eigenvalue weighted by atomic mass is 9.75. The van der Waals surface area contributed by atoms with Gasteiger partial charge in [0.15, 0.2) is 5.78 Å². The lowest BCUT2D eigenvalue weighted by Crippen LogP contribution is -2.52. The van der Waals surface area contributed by atoms with Crippen molar-refractivity contribution in [1.82, 2.24) is 4.90 Å². The van der Waals surface area contributed by atoms with Crippen molar-refractivity contribution in [2.45, 2.75) is 56.9 Å². The van der Waals surface area contributed by atoms with E-state index in [1.54, 1.807) is 0 Å². The zero-order chi connectivity index (χ0) is 19.7. The number of hydrogen-bond donors (Lipinski definition) is 0. The minimum absolute atomic E-state index is 0.137. The number of nitrogens with zero attached hydrogens (tertiary/aromatic N) is 1. The molecule has 0 aliphatic carbocycles. The van der Waals surface area contributed by atoms with Crippen LogP contribution < -0.4 is 0 Å². The summed E-state index contributed by atoms with van der Waals surface area (Å²) in [6.45, 7) is 0.876. The lowest BCUT2D eigenvalue weighted by Gasteiger charge is -2.48. The third kappa shape index (κ3) is 4.00. The highest BCUT2D eigenvalue weighted by atomic mass is 19.4. The van der Waals surface area contributed by atoms with Crippen LogP contribution in [0, 0.1) is 5.92 Å². The Labute approximate surface area is 163 Å². The molecule has 0 amide bonds. The Bertz CT molecular complexity index is 819. The highest BCUT2D eigenvalue weighted by Gasteiger charge is 2.41. The number of hydrogen-bond acceptors (Lipinski definition) is 2. The van der Waals surface area contributed by atoms with Gasteiger partial charge in [0.2, 0.25) is 0 Å². The average Bonchev–Trinajstić information content (AvgIpc) is 2.67. The van der Waals surface area contributed by atoms with Crippen LogP contribution in [0.25, 0.3) is 0 Å². The summed E-state index contributed by atoms with van der Waals surface area (Å²) >= 11 is 0. The molecule has 2 nitrogen and oxygen atoms in total. The van der Waals surface area contributed by atoms with Crippen molar-refractivity contribution in [3.05, 3.63) is 71.3 Å². The Morgan fingerprint density at radius 1 is 0.964 bits per heavy atom. The van der Waals surface area contributed by atoms with Crippen LogP contribution in [-0.2, 0) is 12.7 Å². The number of alkyl halides is 3. The molecule has 0 N–H and O–H groups in total. The second-order valence-electron chi connectivity index (χ2n) is 8.01. The van der Waals surface area contributed by atoms with Gasteiger partial charge in [-0.25, -0.2) is 0 Å². The summed E-state index contributed by atoms with van der Waals surface area (Å²) in [5, 5.41) is 0. The lowest BCUT2D eigenvalue weighted by molar-refractivity contribution is -0.137. The summed E-state index contributed by atoms with van der Waals surface area (Å²) in [5.41, 5.74) is 0.705. The van der Waals surface area contributed by atoms with Crippen LogP contribution in [0.5, 0.6) is 0 Å². The van der Waals surface area contributed by atoms with Gasteiger partial charge < -0.3 is 0 Å². The van der Waals surface area contributed by atoms with E-state index in [0.717, 1.165) is 50.8 Å². The van der Waals surface area contributed by atoms with Crippen molar-refractivity contribution < 1.29 is 18.0 Å². The number of halogens is 3. The predicted octanol–water partition coefficient (Wildman–Crippen LogP) is 5.72. The van der Waals surface area contributed by atoms with E-state index >= 15 is 0 Å². The first-order chi connectivity index (χ1) is 13.4. The van der Waals surface area contributed by atoms with E-state index in [9.17, 15) is 18.0 Å². The normalized spacial score (nSPS) is 25.5. The predicted molar refractivity (Wildman–Crippen MR) is 102 cm³/mol. The molecule has 2 aromatic rings. The molecule has 2 aliphatic heterocycles. The maximum absolute atomic E-state index is 13.0. The maximum atomic E-state index is 13.0. The van der Waals surface area contributed by atoms with Crippen LogP contribution >= 0.6 is 0 Å². The number of Topliss-reactive ketones (excluding diaryl/α,β-unsaturated/α-hetero) is 1. The minimum atomic E-state index is -4.42. The van der Waals surface area contributed by atoms with E-state index in [0.29, 0.717) is 12.1 Å². The fourth-order valence-corrected chi connectivity index (χ4v) is 4.83. The van der Waals surface area contributed by atoms with E-state index in [4.69, 9.17) is 0 Å². The number of piperidine rings is 2. The Morgan fingerprint density at radius 3 is 2.29 bits per heavy atom. The number of ketones is 1. The molecule has 0 saturated carbocycles. The van der Waals surface area contributed by atoms with Crippen LogP contribution in [0.15, 0.2) is 54.6 Å². The molecule has 2 saturated heterocycles. The van der Waals surface area contributed by atoms with Crippen molar-refractivity contribution in [2.75, 3.05) is 0 Å². The van der Waals surface area contributed by atoms with E-state index in [1.807, 2.05) is 18.2 Å². The molecular weight excluding hydrogens is 363 g/mol. The molecule has 28 heavy (non-hydrogen) atoms. The van der Waals surface area contributed by atoms with Gasteiger partial charge in [-0.1, -0.05) is 48.9 Å². The van der Waals surface area contributed by atoms with Crippen molar-refractivity contribution in [3.63, 3.8) is 0 Å². The highest BCUT2D eigenvalue weighted by molar-refractivity contribution is 5.98. The monoisotopic (exact) mass is 387 g/mol. The smallest absolute Gasteiger partial charge is 0.294 e. The van der Waals surface area contributed by atoms with Gasteiger partial charge >= 0.3 is 6.18 Å². The largest absolute Gasteiger partial charge is 0.416 e. The van der Waals surface area contributed by atoms with Crippen molar-refractivity contribution in [3.8, 4) is 0 Å². The standard InChI is InChI=1S/C23H24F3NO/c24-23(25,26)19-9-4-8-17(12-19)22(28)18-13-20-10-5-11-21(14-18)27(20)15-16-6-2-1-3-7-16/h1-4,6-9,12,18,20-21H,5,10-11,13-15H2. The number of rotatable bonds is 4. The molecule has 2 aromatic carbocycles. The fourth-order valence-electron chi connectivity index (χ4n) is 4.83. The molecule has 148 valence electrons. The molecule has 2 fully saturated rings. The number of carbonyl (C=O) groups is 1. The zero-order valence-corrected chi connectivity index (χ0v) is 15.7. The van der Waals surface area contributed by atoms with Gasteiger partial charge in [-0.15, -0.1) is 0 Å². The quantitative estimate of drug-likeness (QED) is 0.625. The molecule has 4 rings (SSSR count). The van der Waals surface area contributed by atoms with E-state index < -0.39 is 11.7 Å². The maximum Gasteiger partial charge on any atom is 0.416 e. The third-order valence-electron chi connectivity index (χ3n) is 6.18. The molecule has 5 heteroatoms. The Kier molecular flexibility index (Phi) is 5.28. The van der Waals surface area contributed by atoms with Gasteiger partial charge in [0, 0.05) is 30.1 Å². The van der Waals surface area contributed by atoms with Crippen LogP contribution in [0.1, 0.15) is 53.6 Å². The fraction of sp³-hybridized carbons (Fsp3) is 0.435. The Balaban J connectivity index is 1.50. The van der Waals surface area contributed by atoms with Crippen molar-refractivity contribution >= 4 is 5.78 Å². The summed E-state index contributed by atoms with van der Waals surface area (Å²) in [7, 11) is 0. The third-order valence-corrected chi connectivity index (χ3v) is 6.18. The zero-order valence-electron chi connectivity index (χ0n) is 15.7. The van der Waals surface area contributed by atoms with Gasteiger partial charge in [-0.3, -0.25) is 9.69 Å². The highest BCUT2D eigenvalue weighted by Crippen LogP contribution is 2.39. The summed E-state index contributed by atoms with van der Waals surface area (Å²) < 4.78 is 39.0. The van der Waals surface area contributed by atoms with Gasteiger partial charge in [0.1, 0.15) is 0 Å². The van der Waals surface area contributed by atoms with Crippen molar-refractivity contribution in [2.24, 2.45) is 5.92 Å². The van der Waals surface area contributed by atoms with Gasteiger partial charge in [0.25, 0.3) is 0 Å². The molecule has 2 atom stereocenters. The summed E-state index contributed by atoms with van der Waals surface area (Å²) in [4.78, 5) is 15.5.